The summed E-state index contributed by atoms with van der Waals surface area (Å²) in [5.41, 5.74) is 0.889. The Hall–Kier alpha value is -2.74. The second-order valence-corrected chi connectivity index (χ2v) is 6.03. The molecule has 2 heterocycles. The summed E-state index contributed by atoms with van der Waals surface area (Å²) in [5, 5.41) is 13.1. The molecule has 7 nitrogen and oxygen atoms in total. The SMILES string of the molecule is Cn1ncc(C(=O)O)c1C(=O)N1CCN(Cc2cccc(F)c2)CC1. The van der Waals surface area contributed by atoms with Gasteiger partial charge in [-0.25, -0.2) is 9.18 Å². The number of rotatable bonds is 4. The van der Waals surface area contributed by atoms with Gasteiger partial charge < -0.3 is 10.0 Å². The summed E-state index contributed by atoms with van der Waals surface area (Å²) in [6, 6.07) is 6.47. The lowest BCUT2D eigenvalue weighted by molar-refractivity contribution is 0.0599. The van der Waals surface area contributed by atoms with Gasteiger partial charge in [-0.05, 0) is 17.7 Å². The molecule has 1 aliphatic heterocycles. The van der Waals surface area contributed by atoms with Gasteiger partial charge in [-0.2, -0.15) is 5.10 Å². The van der Waals surface area contributed by atoms with Gasteiger partial charge in [0.1, 0.15) is 17.1 Å². The number of hydrogen-bond donors (Lipinski definition) is 1. The topological polar surface area (TPSA) is 78.7 Å². The molecule has 0 atom stereocenters. The Balaban J connectivity index is 1.63. The molecule has 1 N–H and O–H groups in total. The molecule has 1 fully saturated rings. The summed E-state index contributed by atoms with van der Waals surface area (Å²) < 4.78 is 14.6. The van der Waals surface area contributed by atoms with Gasteiger partial charge in [0, 0.05) is 39.8 Å². The van der Waals surface area contributed by atoms with Gasteiger partial charge in [-0.3, -0.25) is 14.4 Å². The van der Waals surface area contributed by atoms with E-state index < -0.39 is 5.97 Å². The lowest BCUT2D eigenvalue weighted by Crippen LogP contribution is -2.48. The first-order chi connectivity index (χ1) is 12.0. The number of hydrogen-bond acceptors (Lipinski definition) is 4. The van der Waals surface area contributed by atoms with Gasteiger partial charge in [0.25, 0.3) is 5.91 Å². The molecule has 0 bridgehead atoms. The average Bonchev–Trinajstić information content (AvgIpc) is 2.97. The van der Waals surface area contributed by atoms with E-state index in [4.69, 9.17) is 0 Å². The van der Waals surface area contributed by atoms with Crippen LogP contribution in [0, 0.1) is 5.82 Å². The summed E-state index contributed by atoms with van der Waals surface area (Å²) in [5.74, 6) is -1.76. The Morgan fingerprint density at radius 1 is 1.24 bits per heavy atom. The molecule has 2 aromatic rings. The van der Waals surface area contributed by atoms with Crippen LogP contribution in [0.25, 0.3) is 0 Å². The standard InChI is InChI=1S/C17H19FN4O3/c1-20-15(14(10-19-20)17(24)25)16(23)22-7-5-21(6-8-22)11-12-3-2-4-13(18)9-12/h2-4,9-10H,5-8,11H2,1H3,(H,24,25). The maximum atomic E-state index is 13.3. The number of aromatic nitrogens is 2. The predicted molar refractivity (Wildman–Crippen MR) is 87.7 cm³/mol. The highest BCUT2D eigenvalue weighted by Gasteiger charge is 2.28. The summed E-state index contributed by atoms with van der Waals surface area (Å²) in [6.07, 6.45) is 1.19. The first-order valence-corrected chi connectivity index (χ1v) is 7.97. The predicted octanol–water partition coefficient (Wildman–Crippen LogP) is 1.22. The fourth-order valence-corrected chi connectivity index (χ4v) is 3.00. The second-order valence-electron chi connectivity index (χ2n) is 6.03. The number of halogens is 1. The van der Waals surface area contributed by atoms with Crippen molar-refractivity contribution in [3.63, 3.8) is 0 Å². The van der Waals surface area contributed by atoms with Crippen LogP contribution in [0.15, 0.2) is 30.5 Å². The highest BCUT2D eigenvalue weighted by molar-refractivity contribution is 6.03. The molecule has 8 heteroatoms. The molecular weight excluding hydrogens is 327 g/mol. The number of carbonyl (C=O) groups excluding carboxylic acids is 1. The minimum atomic E-state index is -1.17. The van der Waals surface area contributed by atoms with E-state index in [2.05, 4.69) is 10.00 Å². The summed E-state index contributed by atoms with van der Waals surface area (Å²) in [6.45, 7) is 2.87. The number of nitrogens with zero attached hydrogens (tertiary/aromatic N) is 4. The quantitative estimate of drug-likeness (QED) is 0.900. The molecule has 0 unspecified atom stereocenters. The van der Waals surface area contributed by atoms with Gasteiger partial charge in [0.2, 0.25) is 0 Å². The Morgan fingerprint density at radius 3 is 2.60 bits per heavy atom. The number of carboxylic acid groups (broad SMARTS) is 1. The zero-order valence-electron chi connectivity index (χ0n) is 13.9. The Kier molecular flexibility index (Phi) is 4.80. The van der Waals surface area contributed by atoms with E-state index in [9.17, 15) is 19.1 Å². The fraction of sp³-hybridized carbons (Fsp3) is 0.353. The van der Waals surface area contributed by atoms with Gasteiger partial charge in [-0.1, -0.05) is 12.1 Å². The van der Waals surface area contributed by atoms with Gasteiger partial charge in [0.05, 0.1) is 6.20 Å². The molecule has 0 spiro atoms. The van der Waals surface area contributed by atoms with Crippen LogP contribution >= 0.6 is 0 Å². The fourth-order valence-electron chi connectivity index (χ4n) is 3.00. The maximum Gasteiger partial charge on any atom is 0.339 e. The summed E-state index contributed by atoms with van der Waals surface area (Å²) in [4.78, 5) is 27.7. The molecule has 1 saturated heterocycles. The van der Waals surface area contributed by atoms with E-state index in [1.54, 1.807) is 18.0 Å². The molecule has 1 aliphatic rings. The highest BCUT2D eigenvalue weighted by atomic mass is 19.1. The zero-order valence-corrected chi connectivity index (χ0v) is 13.9. The van der Waals surface area contributed by atoms with E-state index in [0.717, 1.165) is 5.56 Å². The van der Waals surface area contributed by atoms with Crippen LogP contribution in [-0.4, -0.2) is 62.7 Å². The van der Waals surface area contributed by atoms with Gasteiger partial charge >= 0.3 is 5.97 Å². The highest BCUT2D eigenvalue weighted by Crippen LogP contribution is 2.15. The molecule has 0 saturated carbocycles. The molecule has 25 heavy (non-hydrogen) atoms. The van der Waals surface area contributed by atoms with E-state index >= 15 is 0 Å². The molecule has 0 radical (unpaired) electrons. The minimum absolute atomic E-state index is 0.0882. The van der Waals surface area contributed by atoms with Crippen molar-refractivity contribution in [1.82, 2.24) is 19.6 Å². The summed E-state index contributed by atoms with van der Waals surface area (Å²) in [7, 11) is 1.56. The minimum Gasteiger partial charge on any atom is -0.478 e. The van der Waals surface area contributed by atoms with Gasteiger partial charge in [-0.15, -0.1) is 0 Å². The van der Waals surface area contributed by atoms with E-state index in [-0.39, 0.29) is 23.0 Å². The Bertz CT molecular complexity index is 797. The Morgan fingerprint density at radius 2 is 1.96 bits per heavy atom. The van der Waals surface area contributed by atoms with Crippen molar-refractivity contribution < 1.29 is 19.1 Å². The molecule has 3 rings (SSSR count). The monoisotopic (exact) mass is 346 g/mol. The lowest BCUT2D eigenvalue weighted by Gasteiger charge is -2.34. The number of piperazine rings is 1. The lowest BCUT2D eigenvalue weighted by atomic mass is 10.1. The van der Waals surface area contributed by atoms with Crippen LogP contribution in [0.3, 0.4) is 0 Å². The maximum absolute atomic E-state index is 13.3. The van der Waals surface area contributed by atoms with E-state index in [1.807, 2.05) is 6.07 Å². The van der Waals surface area contributed by atoms with Crippen molar-refractivity contribution in [2.75, 3.05) is 26.2 Å². The number of aromatic carboxylic acids is 1. The number of carboxylic acids is 1. The van der Waals surface area contributed by atoms with Crippen LogP contribution in [-0.2, 0) is 13.6 Å². The average molecular weight is 346 g/mol. The largest absolute Gasteiger partial charge is 0.478 e. The molecule has 1 aromatic heterocycles. The zero-order chi connectivity index (χ0) is 18.0. The van der Waals surface area contributed by atoms with Crippen LogP contribution in [0.5, 0.6) is 0 Å². The molecule has 1 amide bonds. The smallest absolute Gasteiger partial charge is 0.339 e. The van der Waals surface area contributed by atoms with Crippen molar-refractivity contribution in [2.45, 2.75) is 6.54 Å². The van der Waals surface area contributed by atoms with Crippen LogP contribution in [0.1, 0.15) is 26.4 Å². The Labute approximate surface area is 144 Å². The van der Waals surface area contributed by atoms with Crippen molar-refractivity contribution in [3.8, 4) is 0 Å². The van der Waals surface area contributed by atoms with Gasteiger partial charge in [0.15, 0.2) is 0 Å². The second kappa shape index (κ2) is 7.02. The number of aryl methyl sites for hydroxylation is 1. The third-order valence-corrected chi connectivity index (χ3v) is 4.33. The van der Waals surface area contributed by atoms with Crippen LogP contribution < -0.4 is 0 Å². The van der Waals surface area contributed by atoms with Crippen molar-refractivity contribution >= 4 is 11.9 Å². The van der Waals surface area contributed by atoms with Crippen molar-refractivity contribution in [3.05, 3.63) is 53.1 Å². The van der Waals surface area contributed by atoms with E-state index in [0.29, 0.717) is 32.7 Å². The molecule has 0 aliphatic carbocycles. The summed E-state index contributed by atoms with van der Waals surface area (Å²) >= 11 is 0. The van der Waals surface area contributed by atoms with E-state index in [1.165, 1.54) is 23.0 Å². The number of amides is 1. The van der Waals surface area contributed by atoms with Crippen molar-refractivity contribution in [1.29, 1.82) is 0 Å². The third kappa shape index (κ3) is 3.69. The number of carbonyl (C=O) groups is 2. The molecule has 132 valence electrons. The molecule has 1 aromatic carbocycles. The first kappa shape index (κ1) is 17.1. The number of benzene rings is 1. The van der Waals surface area contributed by atoms with Crippen LogP contribution in [0.2, 0.25) is 0 Å². The van der Waals surface area contributed by atoms with Crippen LogP contribution in [0.4, 0.5) is 4.39 Å². The normalized spacial score (nSPS) is 15.4. The van der Waals surface area contributed by atoms with Crippen molar-refractivity contribution in [2.24, 2.45) is 7.05 Å². The third-order valence-electron chi connectivity index (χ3n) is 4.33. The first-order valence-electron chi connectivity index (χ1n) is 7.97. The molecular formula is C17H19FN4O3.